The van der Waals surface area contributed by atoms with Crippen molar-refractivity contribution in [2.75, 3.05) is 144 Å². The molecule has 9 aliphatic rings. The van der Waals surface area contributed by atoms with Crippen molar-refractivity contribution in [2.24, 2.45) is 38.9 Å². The number of amides is 3. The summed E-state index contributed by atoms with van der Waals surface area (Å²) < 4.78 is 25.5. The van der Waals surface area contributed by atoms with Gasteiger partial charge in [-0.2, -0.15) is 4.31 Å². The van der Waals surface area contributed by atoms with Gasteiger partial charge in [-0.15, -0.1) is 0 Å². The number of hydrogen-bond donors (Lipinski definition) is 3. The highest BCUT2D eigenvalue weighted by Crippen LogP contribution is 2.42. The van der Waals surface area contributed by atoms with Crippen LogP contribution in [0.25, 0.3) is 0 Å². The Morgan fingerprint density at radius 1 is 0.369 bits per heavy atom. The highest BCUT2D eigenvalue weighted by molar-refractivity contribution is 7.90. The molecular weight excluding hydrogens is 1630 g/mol. The minimum Gasteiger partial charge on any atom is -0.390 e. The van der Waals surface area contributed by atoms with Crippen LogP contribution in [0.2, 0.25) is 0 Å². The van der Waals surface area contributed by atoms with Crippen molar-refractivity contribution in [3.8, 4) is 0 Å². The van der Waals surface area contributed by atoms with E-state index in [-0.39, 0.29) is 72.7 Å². The van der Waals surface area contributed by atoms with Gasteiger partial charge in [-0.3, -0.25) is 63.4 Å². The molecule has 3 N–H and O–H groups in total. The summed E-state index contributed by atoms with van der Waals surface area (Å²) >= 11 is 0. The molecule has 0 aliphatic carbocycles. The molecule has 3 amide bonds. The lowest BCUT2D eigenvalue weighted by Crippen LogP contribution is -2.62. The number of carbonyl (C=O) groups is 3. The van der Waals surface area contributed by atoms with Crippen molar-refractivity contribution in [3.05, 3.63) is 0 Å². The van der Waals surface area contributed by atoms with Crippen LogP contribution in [0.3, 0.4) is 0 Å². The summed E-state index contributed by atoms with van der Waals surface area (Å²) in [5.41, 5.74) is 2.40. The number of sulfonamides is 1. The van der Waals surface area contributed by atoms with Crippen LogP contribution in [0.4, 0.5) is 0 Å². The molecule has 9 aliphatic heterocycles. The molecule has 21 heteroatoms. The molecule has 2 atom stereocenters. The molecule has 9 saturated heterocycles. The van der Waals surface area contributed by atoms with E-state index >= 15 is 0 Å². The van der Waals surface area contributed by atoms with E-state index in [0.717, 1.165) is 135 Å². The Bertz CT molecular complexity index is 3380. The first-order valence-electron chi connectivity index (χ1n) is 51.9. The van der Waals surface area contributed by atoms with E-state index in [1.807, 2.05) is 46.4 Å². The summed E-state index contributed by atoms with van der Waals surface area (Å²) in [6.07, 6.45) is 15.1. The third-order valence-corrected chi connectivity index (χ3v) is 31.0. The van der Waals surface area contributed by atoms with Gasteiger partial charge in [-0.1, -0.05) is 104 Å². The number of carbonyl (C=O) groups excluding carboxylic acids is 3. The minimum absolute atomic E-state index is 0.0308. The first-order chi connectivity index (χ1) is 57.8. The minimum atomic E-state index is -3.16. The lowest BCUT2D eigenvalue weighted by atomic mass is 9.76. The van der Waals surface area contributed by atoms with Crippen molar-refractivity contribution < 1.29 is 27.9 Å². The summed E-state index contributed by atoms with van der Waals surface area (Å²) in [5, 5.41) is 16.8. The number of nitrogens with zero attached hydrogens (tertiary/aromatic N) is 12. The van der Waals surface area contributed by atoms with Gasteiger partial charge in [0, 0.05) is 196 Å². The summed E-state index contributed by atoms with van der Waals surface area (Å²) in [6, 6.07) is 1.03. The van der Waals surface area contributed by atoms with Crippen LogP contribution >= 0.6 is 0 Å². The zero-order valence-electron chi connectivity index (χ0n) is 95.8. The second-order valence-electron chi connectivity index (χ2n) is 57.7. The van der Waals surface area contributed by atoms with Crippen molar-refractivity contribution in [1.29, 1.82) is 0 Å². The maximum Gasteiger partial charge on any atom is 0.241 e. The van der Waals surface area contributed by atoms with Gasteiger partial charge in [0.25, 0.3) is 0 Å². The van der Waals surface area contributed by atoms with Crippen LogP contribution in [0.15, 0.2) is 0 Å². The third kappa shape index (κ3) is 43.3. The van der Waals surface area contributed by atoms with E-state index in [1.54, 1.807) is 25.1 Å². The van der Waals surface area contributed by atoms with Crippen molar-refractivity contribution in [1.82, 2.24) is 68.8 Å². The SMILES string of the molecule is CC(C)(C)C(=O)N1CCN(C(C)(C)C)CC1.CC(C)(C)C(=O)NC1CCN(C(C)(C)C)CC1.CC(C)(C)CC1(O)CCN(C(C)(C)C)CC1.CC(C)(C)CC1CCCN(C(C)(C)C)C1.CC(C)(C)CC1CCN(C(C)(C)C)CC1.CC(C)(C)N1CCC2(CC1)C(=O)NCN2C(C)(C)C.CC(C)(C)N1CCN(S(=O)(=O)C(C)(C)C)CC1.CC1CN(C(C)(C)C)CCN1C(C)(C)C. The summed E-state index contributed by atoms with van der Waals surface area (Å²) in [6.45, 7) is 131. The first kappa shape index (κ1) is 124. The number of likely N-dealkylation sites (tertiary alicyclic amines) is 5. The van der Waals surface area contributed by atoms with Crippen molar-refractivity contribution in [2.45, 2.75) is 506 Å². The Morgan fingerprint density at radius 2 is 0.708 bits per heavy atom. The van der Waals surface area contributed by atoms with Crippen LogP contribution < -0.4 is 10.6 Å². The third-order valence-electron chi connectivity index (χ3n) is 28.4. The van der Waals surface area contributed by atoms with E-state index in [1.165, 1.54) is 84.3 Å². The molecule has 2 unspecified atom stereocenters. The second kappa shape index (κ2) is 47.4. The molecule has 20 nitrogen and oxygen atoms in total. The van der Waals surface area contributed by atoms with Crippen molar-refractivity contribution in [3.63, 3.8) is 0 Å². The monoisotopic (exact) mass is 1860 g/mol. The molecular formula is C109H224N14O6S. The lowest BCUT2D eigenvalue weighted by molar-refractivity contribution is -0.142. The average Bonchev–Trinajstić information content (AvgIpc) is 1.58. The summed E-state index contributed by atoms with van der Waals surface area (Å²) in [4.78, 5) is 63.5. The van der Waals surface area contributed by atoms with Crippen LogP contribution in [0.1, 0.15) is 423 Å². The number of piperidine rings is 5. The van der Waals surface area contributed by atoms with Crippen molar-refractivity contribution >= 4 is 27.7 Å². The van der Waals surface area contributed by atoms with Gasteiger partial charge in [0.05, 0.1) is 17.0 Å². The molecule has 9 heterocycles. The predicted molar refractivity (Wildman–Crippen MR) is 562 cm³/mol. The number of nitrogens with one attached hydrogen (secondary N) is 2. The van der Waals surface area contributed by atoms with E-state index < -0.39 is 20.4 Å². The number of rotatable bonds is 5. The molecule has 0 bridgehead atoms. The Kier molecular flexibility index (Phi) is 45.2. The Hall–Kier alpha value is -2.12. The molecule has 0 saturated carbocycles. The predicted octanol–water partition coefficient (Wildman–Crippen LogP) is 21.2. The molecule has 130 heavy (non-hydrogen) atoms. The fraction of sp³-hybridized carbons (Fsp3) is 0.972. The van der Waals surface area contributed by atoms with Gasteiger partial charge in [0.2, 0.25) is 27.7 Å². The molecule has 0 aromatic carbocycles. The molecule has 0 aromatic rings. The fourth-order valence-corrected chi connectivity index (χ4v) is 21.8. The van der Waals surface area contributed by atoms with E-state index in [9.17, 15) is 27.9 Å². The number of aliphatic hydroxyl groups is 1. The molecule has 9 fully saturated rings. The van der Waals surface area contributed by atoms with Gasteiger partial charge in [0.15, 0.2) is 0 Å². The topological polar surface area (TPSA) is 169 Å². The lowest BCUT2D eigenvalue weighted by Gasteiger charge is -2.50. The van der Waals surface area contributed by atoms with E-state index in [0.29, 0.717) is 64.8 Å². The average molecular weight is 1860 g/mol. The van der Waals surface area contributed by atoms with E-state index in [4.69, 9.17) is 0 Å². The molecule has 0 radical (unpaired) electrons. The Labute approximate surface area is 808 Å². The highest BCUT2D eigenvalue weighted by Gasteiger charge is 2.54. The first-order valence-corrected chi connectivity index (χ1v) is 53.4. The smallest absolute Gasteiger partial charge is 0.241 e. The summed E-state index contributed by atoms with van der Waals surface area (Å²) in [5.74, 6) is 2.56. The second-order valence-corrected chi connectivity index (χ2v) is 60.4. The molecule has 9 rings (SSSR count). The normalized spacial score (nSPS) is 23.2. The summed E-state index contributed by atoms with van der Waals surface area (Å²) in [7, 11) is -3.16. The van der Waals surface area contributed by atoms with Crippen LogP contribution in [0, 0.1) is 38.9 Å². The van der Waals surface area contributed by atoms with Gasteiger partial charge >= 0.3 is 0 Å². The van der Waals surface area contributed by atoms with Gasteiger partial charge < -0.3 is 20.6 Å². The number of piperazine rings is 3. The van der Waals surface area contributed by atoms with Crippen LogP contribution in [0.5, 0.6) is 0 Å². The molecule has 0 aromatic heterocycles. The zero-order chi connectivity index (χ0) is 102. The van der Waals surface area contributed by atoms with Gasteiger partial charge in [0.1, 0.15) is 5.54 Å². The fourth-order valence-electron chi connectivity index (χ4n) is 20.4. The highest BCUT2D eigenvalue weighted by atomic mass is 32.2. The molecule has 1 spiro atoms. The van der Waals surface area contributed by atoms with Crippen LogP contribution in [-0.4, -0.2) is 317 Å². The van der Waals surface area contributed by atoms with E-state index in [2.05, 4.69) is 337 Å². The Morgan fingerprint density at radius 3 is 1.04 bits per heavy atom. The van der Waals surface area contributed by atoms with Gasteiger partial charge in [-0.25, -0.2) is 8.42 Å². The largest absolute Gasteiger partial charge is 0.390 e. The number of hydrogen-bond acceptors (Lipinski definition) is 16. The Balaban J connectivity index is 0.000000504. The maximum atomic E-state index is 12.4. The standard InChI is InChI=1S/C15H29N3O.C14H28N2O.C14H29NO.2C14H29N.C13H26N2O.C13H28N2.C12H26N2O2S/c1-13(2,3)17-9-7-15(8-10-17)12(19)16-11-18(15)14(4,5)6;1-13(2,3)12(17)15-11-7-9-16(10-8-11)14(4,5)6;1-12(2,3)11-14(16)7-9-15(10-8-14)13(4,5)6;1-13(2,3)11-12-7-9-15(10-8-12)14(4,5)6;1-13(2,3)10-12-8-7-9-15(11-12)14(4,5)6;1-12(2,3)11(16)14-7-9-15(10-8-14)13(4,5)6;1-11-10-14(12(2,3)4)8-9-15(11)13(5,6)7;1-11(2,3)13-7-9-14(10-8-13)17(15,16)12(4,5)6/h7-11H2,1-6H3,(H,16,19);11H,7-10H2,1-6H3,(H,15,17);16H,7-11H2,1-6H3;2*12H,7-11H2,1-6H3;7-10H2,1-6H3;11H,8-10H2,1-7H3;7-10H2,1-6H3. The van der Waals surface area contributed by atoms with Crippen LogP contribution in [-0.2, 0) is 24.4 Å². The quantitative estimate of drug-likeness (QED) is 0.237. The zero-order valence-corrected chi connectivity index (χ0v) is 96.6. The van der Waals surface area contributed by atoms with Gasteiger partial charge in [-0.05, 0) is 367 Å². The maximum absolute atomic E-state index is 12.4. The molecule has 772 valence electrons.